The number of ether oxygens (including phenoxy) is 2. The van der Waals surface area contributed by atoms with E-state index in [1.807, 2.05) is 12.1 Å². The molecule has 0 unspecified atom stereocenters. The van der Waals surface area contributed by atoms with Gasteiger partial charge in [0.25, 0.3) is 5.91 Å². The Morgan fingerprint density at radius 3 is 2.41 bits per heavy atom. The predicted octanol–water partition coefficient (Wildman–Crippen LogP) is 3.42. The highest BCUT2D eigenvalue weighted by Crippen LogP contribution is 2.25. The fraction of sp³-hybridized carbons (Fsp3) is 0.409. The first-order valence-electron chi connectivity index (χ1n) is 9.62. The van der Waals surface area contributed by atoms with E-state index in [1.54, 1.807) is 19.2 Å². The maximum Gasteiger partial charge on any atom is 0.257 e. The molecule has 0 saturated carbocycles. The van der Waals surface area contributed by atoms with Crippen molar-refractivity contribution in [2.24, 2.45) is 0 Å². The van der Waals surface area contributed by atoms with E-state index < -0.39 is 0 Å². The lowest BCUT2D eigenvalue weighted by Gasteiger charge is -2.28. The number of para-hydroxylation sites is 2. The third-order valence-corrected chi connectivity index (χ3v) is 4.82. The zero-order chi connectivity index (χ0) is 18.9. The van der Waals surface area contributed by atoms with Gasteiger partial charge in [0.1, 0.15) is 0 Å². The van der Waals surface area contributed by atoms with Crippen LogP contribution in [0.1, 0.15) is 24.8 Å². The number of nitrogens with zero attached hydrogens (tertiary/aromatic N) is 1. The van der Waals surface area contributed by atoms with Crippen molar-refractivity contribution in [1.82, 2.24) is 5.32 Å². The Kier molecular flexibility index (Phi) is 6.97. The fourth-order valence-corrected chi connectivity index (χ4v) is 3.30. The van der Waals surface area contributed by atoms with E-state index in [9.17, 15) is 4.79 Å². The molecule has 0 atom stereocenters. The number of anilines is 1. The first-order valence-corrected chi connectivity index (χ1v) is 9.62. The summed E-state index contributed by atoms with van der Waals surface area (Å²) < 4.78 is 10.7. The molecule has 2 aromatic carbocycles. The van der Waals surface area contributed by atoms with E-state index in [1.165, 1.54) is 30.5 Å². The quantitative estimate of drug-likeness (QED) is 0.776. The van der Waals surface area contributed by atoms with Gasteiger partial charge >= 0.3 is 0 Å². The summed E-state index contributed by atoms with van der Waals surface area (Å²) in [7, 11) is 1.58. The van der Waals surface area contributed by atoms with Crippen LogP contribution in [-0.4, -0.2) is 39.3 Å². The van der Waals surface area contributed by atoms with Crippen molar-refractivity contribution in [3.05, 3.63) is 54.1 Å². The third-order valence-electron chi connectivity index (χ3n) is 4.82. The minimum absolute atomic E-state index is 0.0196. The van der Waals surface area contributed by atoms with Crippen LogP contribution in [0.2, 0.25) is 0 Å². The molecule has 1 saturated heterocycles. The molecule has 5 heteroatoms. The fourth-order valence-electron chi connectivity index (χ4n) is 3.30. The molecule has 1 aliphatic heterocycles. The van der Waals surface area contributed by atoms with Gasteiger partial charge in [-0.1, -0.05) is 24.3 Å². The molecule has 3 rings (SSSR count). The van der Waals surface area contributed by atoms with Gasteiger partial charge in [-0.25, -0.2) is 0 Å². The summed E-state index contributed by atoms with van der Waals surface area (Å²) in [5, 5.41) is 2.90. The maximum absolute atomic E-state index is 12.0. The number of hydrogen-bond acceptors (Lipinski definition) is 4. The first kappa shape index (κ1) is 19.1. The Morgan fingerprint density at radius 2 is 1.70 bits per heavy atom. The van der Waals surface area contributed by atoms with Gasteiger partial charge in [0.15, 0.2) is 18.1 Å². The van der Waals surface area contributed by atoms with Crippen LogP contribution in [0.5, 0.6) is 11.5 Å². The SMILES string of the molecule is COc1ccccc1OCC(=O)NCCc1ccc(N2CCCCC2)cc1. The van der Waals surface area contributed by atoms with Crippen molar-refractivity contribution >= 4 is 11.6 Å². The van der Waals surface area contributed by atoms with Crippen molar-refractivity contribution in [3.8, 4) is 11.5 Å². The van der Waals surface area contributed by atoms with Crippen LogP contribution in [0.25, 0.3) is 0 Å². The van der Waals surface area contributed by atoms with Crippen molar-refractivity contribution < 1.29 is 14.3 Å². The largest absolute Gasteiger partial charge is 0.493 e. The van der Waals surface area contributed by atoms with E-state index in [0.29, 0.717) is 18.0 Å². The zero-order valence-electron chi connectivity index (χ0n) is 15.9. The standard InChI is InChI=1S/C22H28N2O3/c1-26-20-7-3-4-8-21(20)27-17-22(25)23-14-13-18-9-11-19(12-10-18)24-15-5-2-6-16-24/h3-4,7-12H,2,5-6,13-17H2,1H3,(H,23,25). The van der Waals surface area contributed by atoms with Crippen molar-refractivity contribution in [3.63, 3.8) is 0 Å². The van der Waals surface area contributed by atoms with Gasteiger partial charge in [-0.05, 0) is 55.5 Å². The molecule has 0 radical (unpaired) electrons. The Balaban J connectivity index is 1.39. The highest BCUT2D eigenvalue weighted by molar-refractivity contribution is 5.77. The van der Waals surface area contributed by atoms with E-state index in [4.69, 9.17) is 9.47 Å². The summed E-state index contributed by atoms with van der Waals surface area (Å²) >= 11 is 0. The molecule has 27 heavy (non-hydrogen) atoms. The number of piperidine rings is 1. The van der Waals surface area contributed by atoms with Crippen LogP contribution < -0.4 is 19.7 Å². The van der Waals surface area contributed by atoms with Crippen LogP contribution in [0.4, 0.5) is 5.69 Å². The second kappa shape index (κ2) is 9.86. The summed E-state index contributed by atoms with van der Waals surface area (Å²) in [4.78, 5) is 14.4. The van der Waals surface area contributed by atoms with E-state index in [2.05, 4.69) is 34.5 Å². The second-order valence-corrected chi connectivity index (χ2v) is 6.75. The number of carbonyl (C=O) groups excluding carboxylic acids is 1. The van der Waals surface area contributed by atoms with E-state index >= 15 is 0 Å². The molecule has 0 aromatic heterocycles. The van der Waals surface area contributed by atoms with Gasteiger partial charge in [-0.2, -0.15) is 0 Å². The highest BCUT2D eigenvalue weighted by Gasteiger charge is 2.10. The zero-order valence-corrected chi connectivity index (χ0v) is 15.9. The monoisotopic (exact) mass is 368 g/mol. The molecule has 0 spiro atoms. The molecule has 0 bridgehead atoms. The summed E-state index contributed by atoms with van der Waals surface area (Å²) in [6.07, 6.45) is 4.71. The molecule has 0 aliphatic carbocycles. The maximum atomic E-state index is 12.0. The number of hydrogen-bond donors (Lipinski definition) is 1. The van der Waals surface area contributed by atoms with Crippen LogP contribution in [0.3, 0.4) is 0 Å². The molecule has 1 N–H and O–H groups in total. The highest BCUT2D eigenvalue weighted by atomic mass is 16.5. The smallest absolute Gasteiger partial charge is 0.257 e. The van der Waals surface area contributed by atoms with Gasteiger partial charge < -0.3 is 19.7 Å². The third kappa shape index (κ3) is 5.64. The lowest BCUT2D eigenvalue weighted by molar-refractivity contribution is -0.123. The molecule has 5 nitrogen and oxygen atoms in total. The number of amides is 1. The van der Waals surface area contributed by atoms with Gasteiger partial charge in [-0.15, -0.1) is 0 Å². The molecule has 2 aromatic rings. The average molecular weight is 368 g/mol. The van der Waals surface area contributed by atoms with Crippen LogP contribution in [-0.2, 0) is 11.2 Å². The molecule has 1 fully saturated rings. The predicted molar refractivity (Wildman–Crippen MR) is 108 cm³/mol. The van der Waals surface area contributed by atoms with Crippen molar-refractivity contribution in [2.75, 3.05) is 38.3 Å². The van der Waals surface area contributed by atoms with Crippen LogP contribution in [0.15, 0.2) is 48.5 Å². The van der Waals surface area contributed by atoms with Gasteiger partial charge in [0.2, 0.25) is 0 Å². The normalized spacial score (nSPS) is 13.9. The summed E-state index contributed by atoms with van der Waals surface area (Å²) in [6.45, 7) is 2.88. The number of benzene rings is 2. The number of rotatable bonds is 8. The molecular formula is C22H28N2O3. The van der Waals surface area contributed by atoms with Crippen molar-refractivity contribution in [1.29, 1.82) is 0 Å². The van der Waals surface area contributed by atoms with Crippen LogP contribution in [0, 0.1) is 0 Å². The average Bonchev–Trinajstić information content (AvgIpc) is 2.73. The first-order chi connectivity index (χ1) is 13.3. The van der Waals surface area contributed by atoms with Gasteiger partial charge in [0, 0.05) is 25.3 Å². The molecule has 144 valence electrons. The van der Waals surface area contributed by atoms with Gasteiger partial charge in [0.05, 0.1) is 7.11 Å². The Labute approximate surface area is 161 Å². The van der Waals surface area contributed by atoms with E-state index in [-0.39, 0.29) is 12.5 Å². The number of methoxy groups -OCH3 is 1. The summed E-state index contributed by atoms with van der Waals surface area (Å²) in [5.74, 6) is 1.06. The molecule has 1 aliphatic rings. The number of carbonyl (C=O) groups is 1. The Bertz CT molecular complexity index is 725. The molecule has 1 amide bonds. The lowest BCUT2D eigenvalue weighted by atomic mass is 10.1. The summed E-state index contributed by atoms with van der Waals surface area (Å²) in [5.41, 5.74) is 2.52. The minimum Gasteiger partial charge on any atom is -0.493 e. The number of nitrogens with one attached hydrogen (secondary N) is 1. The topological polar surface area (TPSA) is 50.8 Å². The van der Waals surface area contributed by atoms with Gasteiger partial charge in [-0.3, -0.25) is 4.79 Å². The Morgan fingerprint density at radius 1 is 1.00 bits per heavy atom. The molecular weight excluding hydrogens is 340 g/mol. The van der Waals surface area contributed by atoms with Crippen molar-refractivity contribution in [2.45, 2.75) is 25.7 Å². The minimum atomic E-state index is -0.133. The van der Waals surface area contributed by atoms with Crippen LogP contribution >= 0.6 is 0 Å². The molecule has 1 heterocycles. The lowest BCUT2D eigenvalue weighted by Crippen LogP contribution is -2.30. The second-order valence-electron chi connectivity index (χ2n) is 6.75. The summed E-state index contributed by atoms with van der Waals surface area (Å²) in [6, 6.07) is 16.0. The van der Waals surface area contributed by atoms with E-state index in [0.717, 1.165) is 19.5 Å². The Hall–Kier alpha value is -2.69.